The lowest BCUT2D eigenvalue weighted by atomic mass is 10.1. The van der Waals surface area contributed by atoms with Gasteiger partial charge in [0.05, 0.1) is 6.04 Å². The van der Waals surface area contributed by atoms with Crippen LogP contribution in [0.1, 0.15) is 57.9 Å². The van der Waals surface area contributed by atoms with E-state index in [0.29, 0.717) is 40.1 Å². The number of amides is 1. The highest BCUT2D eigenvalue weighted by molar-refractivity contribution is 6.07. The largest absolute Gasteiger partial charge is 0.354 e. The molecule has 0 atom stereocenters. The van der Waals surface area contributed by atoms with Gasteiger partial charge in [0.15, 0.2) is 11.6 Å². The lowest BCUT2D eigenvalue weighted by molar-refractivity contribution is 0.101. The fraction of sp³-hybridized carbons (Fsp3) is 0.316. The Balaban J connectivity index is 1.60. The predicted octanol–water partition coefficient (Wildman–Crippen LogP) is 3.07. The van der Waals surface area contributed by atoms with Crippen LogP contribution in [0.4, 0.5) is 5.69 Å². The average molecular weight is 364 g/mol. The van der Waals surface area contributed by atoms with Crippen LogP contribution in [0, 0.1) is 13.8 Å². The zero-order chi connectivity index (χ0) is 19.1. The normalized spacial score (nSPS) is 13.6. The van der Waals surface area contributed by atoms with E-state index in [4.69, 9.17) is 0 Å². The Morgan fingerprint density at radius 3 is 2.70 bits per heavy atom. The molecule has 0 saturated heterocycles. The second-order valence-electron chi connectivity index (χ2n) is 6.89. The molecule has 2 heterocycles. The monoisotopic (exact) mass is 364 g/mol. The van der Waals surface area contributed by atoms with Gasteiger partial charge in [0.1, 0.15) is 5.69 Å². The molecule has 0 spiro atoms. The summed E-state index contributed by atoms with van der Waals surface area (Å²) in [5.74, 6) is 0.343. The first-order valence-corrected chi connectivity index (χ1v) is 8.85. The topological polar surface area (TPSA) is 106 Å². The Hall–Kier alpha value is -3.29. The summed E-state index contributed by atoms with van der Waals surface area (Å²) in [6.45, 7) is 5.06. The number of aryl methyl sites for hydroxylation is 1. The van der Waals surface area contributed by atoms with Crippen molar-refractivity contribution in [2.45, 2.75) is 39.7 Å². The molecule has 1 aromatic carbocycles. The number of nitrogens with one attached hydrogen (secondary N) is 2. The fourth-order valence-corrected chi connectivity index (χ4v) is 3.38. The fourth-order valence-electron chi connectivity index (χ4n) is 3.38. The molecule has 1 amide bonds. The number of aromatic nitrogens is 5. The van der Waals surface area contributed by atoms with Gasteiger partial charge in [-0.05, 0) is 61.7 Å². The molecule has 4 rings (SSSR count). The predicted molar refractivity (Wildman–Crippen MR) is 99.7 cm³/mol. The van der Waals surface area contributed by atoms with Crippen LogP contribution in [0.5, 0.6) is 0 Å². The highest BCUT2D eigenvalue weighted by Crippen LogP contribution is 2.36. The Morgan fingerprint density at radius 1 is 1.26 bits per heavy atom. The summed E-state index contributed by atoms with van der Waals surface area (Å²) < 4.78 is 1.83. The van der Waals surface area contributed by atoms with Crippen LogP contribution in [0.2, 0.25) is 0 Å². The number of hydrogen-bond donors (Lipinski definition) is 2. The second kappa shape index (κ2) is 6.46. The van der Waals surface area contributed by atoms with E-state index >= 15 is 0 Å². The number of benzene rings is 1. The van der Waals surface area contributed by atoms with Gasteiger partial charge in [-0.2, -0.15) is 0 Å². The van der Waals surface area contributed by atoms with E-state index in [1.54, 1.807) is 13.8 Å². The first-order valence-electron chi connectivity index (χ1n) is 8.85. The quantitative estimate of drug-likeness (QED) is 0.677. The number of rotatable bonds is 5. The second-order valence-corrected chi connectivity index (χ2v) is 6.89. The molecule has 1 fully saturated rings. The van der Waals surface area contributed by atoms with Gasteiger partial charge in [0.2, 0.25) is 0 Å². The molecule has 1 saturated carbocycles. The van der Waals surface area contributed by atoms with Gasteiger partial charge in [0.25, 0.3) is 5.91 Å². The number of hydrogen-bond acceptors (Lipinski definition) is 5. The molecular weight excluding hydrogens is 344 g/mol. The van der Waals surface area contributed by atoms with Gasteiger partial charge in [0, 0.05) is 22.5 Å². The number of tetrazole rings is 1. The van der Waals surface area contributed by atoms with Crippen molar-refractivity contribution < 1.29 is 9.59 Å². The summed E-state index contributed by atoms with van der Waals surface area (Å²) in [7, 11) is 0. The molecule has 3 aromatic rings. The minimum absolute atomic E-state index is 0.0609. The van der Waals surface area contributed by atoms with Crippen molar-refractivity contribution in [2.75, 3.05) is 5.32 Å². The number of Topliss-reactive ketones (excluding diaryl/α,β-unsaturated/α-hetero) is 1. The molecule has 0 bridgehead atoms. The molecule has 1 aliphatic carbocycles. The Bertz CT molecular complexity index is 1040. The first-order chi connectivity index (χ1) is 13.0. The SMILES string of the molecule is CC(=O)c1c(C)[nH]c(C(=O)Nc2cccc(-c3nnnn3C3CC3)c2)c1C. The van der Waals surface area contributed by atoms with Crippen molar-refractivity contribution in [3.05, 3.63) is 46.8 Å². The summed E-state index contributed by atoms with van der Waals surface area (Å²) >= 11 is 0. The minimum atomic E-state index is -0.290. The van der Waals surface area contributed by atoms with Gasteiger partial charge in [-0.3, -0.25) is 9.59 Å². The van der Waals surface area contributed by atoms with Crippen molar-refractivity contribution in [1.82, 2.24) is 25.2 Å². The zero-order valence-corrected chi connectivity index (χ0v) is 15.4. The number of aromatic amines is 1. The first kappa shape index (κ1) is 17.1. The van der Waals surface area contributed by atoms with E-state index in [0.717, 1.165) is 18.4 Å². The zero-order valence-electron chi connectivity index (χ0n) is 15.4. The van der Waals surface area contributed by atoms with Crippen LogP contribution in [0.15, 0.2) is 24.3 Å². The van der Waals surface area contributed by atoms with Gasteiger partial charge < -0.3 is 10.3 Å². The Labute approximate surface area is 156 Å². The highest BCUT2D eigenvalue weighted by Gasteiger charge is 2.28. The van der Waals surface area contributed by atoms with E-state index in [2.05, 4.69) is 25.8 Å². The molecule has 0 unspecified atom stereocenters. The molecule has 2 aromatic heterocycles. The van der Waals surface area contributed by atoms with Gasteiger partial charge in [-0.1, -0.05) is 12.1 Å². The number of carbonyl (C=O) groups excluding carboxylic acids is 2. The Kier molecular flexibility index (Phi) is 4.10. The smallest absolute Gasteiger partial charge is 0.272 e. The van der Waals surface area contributed by atoms with Crippen LogP contribution < -0.4 is 5.32 Å². The third-order valence-electron chi connectivity index (χ3n) is 4.78. The van der Waals surface area contributed by atoms with E-state index in [1.807, 2.05) is 28.9 Å². The summed E-state index contributed by atoms with van der Waals surface area (Å²) in [6.07, 6.45) is 2.16. The maximum Gasteiger partial charge on any atom is 0.272 e. The van der Waals surface area contributed by atoms with E-state index in [9.17, 15) is 9.59 Å². The summed E-state index contributed by atoms with van der Waals surface area (Å²) in [6, 6.07) is 7.79. The number of H-pyrrole nitrogens is 1. The molecule has 8 nitrogen and oxygen atoms in total. The third kappa shape index (κ3) is 3.14. The summed E-state index contributed by atoms with van der Waals surface area (Å²) in [5.41, 5.74) is 3.80. The van der Waals surface area contributed by atoms with E-state index in [1.165, 1.54) is 6.92 Å². The van der Waals surface area contributed by atoms with Crippen molar-refractivity contribution in [1.29, 1.82) is 0 Å². The van der Waals surface area contributed by atoms with Gasteiger partial charge >= 0.3 is 0 Å². The van der Waals surface area contributed by atoms with E-state index < -0.39 is 0 Å². The maximum absolute atomic E-state index is 12.7. The molecule has 138 valence electrons. The molecule has 27 heavy (non-hydrogen) atoms. The minimum Gasteiger partial charge on any atom is -0.354 e. The Morgan fingerprint density at radius 2 is 2.04 bits per heavy atom. The number of nitrogens with zero attached hydrogens (tertiary/aromatic N) is 4. The number of anilines is 1. The molecule has 1 aliphatic rings. The number of ketones is 1. The van der Waals surface area contributed by atoms with Crippen LogP contribution in [0.25, 0.3) is 11.4 Å². The molecule has 8 heteroatoms. The highest BCUT2D eigenvalue weighted by atomic mass is 16.2. The van der Waals surface area contributed by atoms with Gasteiger partial charge in [-0.15, -0.1) is 5.10 Å². The standard InChI is InChI=1S/C19H20N6O2/c1-10-16(12(3)26)11(2)20-17(10)19(27)21-14-6-4-5-13(9-14)18-22-23-24-25(18)15-7-8-15/h4-6,9,15,20H,7-8H2,1-3H3,(H,21,27). The van der Waals surface area contributed by atoms with Crippen LogP contribution in [0.3, 0.4) is 0 Å². The van der Waals surface area contributed by atoms with Crippen molar-refractivity contribution in [3.8, 4) is 11.4 Å². The molecule has 2 N–H and O–H groups in total. The van der Waals surface area contributed by atoms with Crippen molar-refractivity contribution >= 4 is 17.4 Å². The van der Waals surface area contributed by atoms with Crippen LogP contribution in [-0.2, 0) is 0 Å². The van der Waals surface area contributed by atoms with Crippen LogP contribution >= 0.6 is 0 Å². The lowest BCUT2D eigenvalue weighted by Gasteiger charge is -2.08. The van der Waals surface area contributed by atoms with Crippen molar-refractivity contribution in [3.63, 3.8) is 0 Å². The van der Waals surface area contributed by atoms with E-state index in [-0.39, 0.29) is 11.7 Å². The lowest BCUT2D eigenvalue weighted by Crippen LogP contribution is -2.14. The van der Waals surface area contributed by atoms with Crippen LogP contribution in [-0.4, -0.2) is 36.9 Å². The number of carbonyl (C=O) groups is 2. The summed E-state index contributed by atoms with van der Waals surface area (Å²) in [4.78, 5) is 27.5. The average Bonchev–Trinajstić information content (AvgIpc) is 3.26. The molecular formula is C19H20N6O2. The van der Waals surface area contributed by atoms with Crippen molar-refractivity contribution in [2.24, 2.45) is 0 Å². The third-order valence-corrected chi connectivity index (χ3v) is 4.78. The molecule has 0 radical (unpaired) electrons. The van der Waals surface area contributed by atoms with Gasteiger partial charge in [-0.25, -0.2) is 4.68 Å². The maximum atomic E-state index is 12.7. The summed E-state index contributed by atoms with van der Waals surface area (Å²) in [5, 5.41) is 14.8. The molecule has 0 aliphatic heterocycles.